The molecule has 6 nitrogen and oxygen atoms in total. The summed E-state index contributed by atoms with van der Waals surface area (Å²) in [7, 11) is 0. The summed E-state index contributed by atoms with van der Waals surface area (Å²) in [6.07, 6.45) is 10.2. The van der Waals surface area contributed by atoms with Gasteiger partial charge in [0.25, 0.3) is 0 Å². The Kier molecular flexibility index (Phi) is 8.85. The van der Waals surface area contributed by atoms with Gasteiger partial charge in [-0.25, -0.2) is 4.39 Å². The molecule has 2 aromatic rings. The summed E-state index contributed by atoms with van der Waals surface area (Å²) in [5, 5.41) is 10.2. The zero-order valence-corrected chi connectivity index (χ0v) is 21.7. The van der Waals surface area contributed by atoms with Crippen molar-refractivity contribution in [2.45, 2.75) is 82.3 Å². The molecule has 1 aliphatic carbocycles. The maximum atomic E-state index is 14.3. The molecule has 7 heteroatoms. The SMILES string of the molecule is O=C(O)C(c1cc(F)ccc1C1CCOCC1)N1CC[C@@H](OCCCCc2ccc3c(n2)CCCC3)C1. The lowest BCUT2D eigenvalue weighted by molar-refractivity contribution is -0.143. The maximum absolute atomic E-state index is 14.3. The molecule has 3 heterocycles. The molecule has 5 rings (SSSR count). The maximum Gasteiger partial charge on any atom is 0.325 e. The van der Waals surface area contributed by atoms with Crippen molar-refractivity contribution >= 4 is 5.97 Å². The smallest absolute Gasteiger partial charge is 0.325 e. The number of aryl methyl sites for hydroxylation is 3. The highest BCUT2D eigenvalue weighted by atomic mass is 19.1. The lowest BCUT2D eigenvalue weighted by Gasteiger charge is -2.30. The number of halogens is 1. The molecule has 0 amide bonds. The summed E-state index contributed by atoms with van der Waals surface area (Å²) in [6.45, 7) is 3.15. The zero-order valence-electron chi connectivity index (χ0n) is 21.7. The lowest BCUT2D eigenvalue weighted by atomic mass is 9.85. The van der Waals surface area contributed by atoms with Crippen LogP contribution >= 0.6 is 0 Å². The van der Waals surface area contributed by atoms with Gasteiger partial charge in [0.2, 0.25) is 0 Å². The first kappa shape index (κ1) is 26.3. The molecular formula is C30H39FN2O4. The van der Waals surface area contributed by atoms with E-state index in [1.807, 2.05) is 4.90 Å². The number of unbranched alkanes of at least 4 members (excludes halogenated alkanes) is 1. The molecule has 37 heavy (non-hydrogen) atoms. The molecule has 2 saturated heterocycles. The van der Waals surface area contributed by atoms with Crippen molar-refractivity contribution in [1.82, 2.24) is 9.88 Å². The fourth-order valence-corrected chi connectivity index (χ4v) is 6.20. The molecular weight excluding hydrogens is 471 g/mol. The van der Waals surface area contributed by atoms with E-state index in [0.717, 1.165) is 56.9 Å². The average Bonchev–Trinajstić information content (AvgIpc) is 3.37. The quantitative estimate of drug-likeness (QED) is 0.441. The number of fused-ring (bicyclic) bond motifs is 1. The Labute approximate surface area is 219 Å². The molecule has 1 aromatic heterocycles. The van der Waals surface area contributed by atoms with Crippen LogP contribution in [-0.2, 0) is 33.5 Å². The molecule has 200 valence electrons. The number of hydrogen-bond donors (Lipinski definition) is 1. The van der Waals surface area contributed by atoms with E-state index < -0.39 is 17.8 Å². The molecule has 0 radical (unpaired) electrons. The van der Waals surface area contributed by atoms with Crippen LogP contribution in [0.25, 0.3) is 0 Å². The van der Waals surface area contributed by atoms with Crippen LogP contribution in [0.3, 0.4) is 0 Å². The van der Waals surface area contributed by atoms with Crippen LogP contribution in [0.5, 0.6) is 0 Å². The zero-order chi connectivity index (χ0) is 25.6. The summed E-state index contributed by atoms with van der Waals surface area (Å²) in [4.78, 5) is 19.2. The second-order valence-electron chi connectivity index (χ2n) is 10.7. The molecule has 1 unspecified atom stereocenters. The number of pyridine rings is 1. The number of rotatable bonds is 10. The van der Waals surface area contributed by atoms with Gasteiger partial charge in [-0.1, -0.05) is 12.1 Å². The van der Waals surface area contributed by atoms with Crippen molar-refractivity contribution in [3.05, 3.63) is 64.2 Å². The third kappa shape index (κ3) is 6.57. The predicted octanol–water partition coefficient (Wildman–Crippen LogP) is 5.23. The normalized spacial score (nSPS) is 21.6. The van der Waals surface area contributed by atoms with Crippen molar-refractivity contribution in [3.63, 3.8) is 0 Å². The largest absolute Gasteiger partial charge is 0.480 e. The Morgan fingerprint density at radius 3 is 2.81 bits per heavy atom. The summed E-state index contributed by atoms with van der Waals surface area (Å²) in [5.41, 5.74) is 5.40. The fraction of sp³-hybridized carbons (Fsp3) is 0.600. The van der Waals surface area contributed by atoms with Crippen LogP contribution in [0.2, 0.25) is 0 Å². The van der Waals surface area contributed by atoms with Gasteiger partial charge in [-0.05, 0) is 105 Å². The minimum absolute atomic E-state index is 0.00353. The van der Waals surface area contributed by atoms with Gasteiger partial charge in [0, 0.05) is 44.3 Å². The first-order valence-electron chi connectivity index (χ1n) is 14.0. The first-order chi connectivity index (χ1) is 18.1. The Morgan fingerprint density at radius 2 is 1.97 bits per heavy atom. The first-order valence-corrected chi connectivity index (χ1v) is 14.0. The van der Waals surface area contributed by atoms with E-state index in [9.17, 15) is 14.3 Å². The summed E-state index contributed by atoms with van der Waals surface area (Å²) < 4.78 is 25.9. The fourth-order valence-electron chi connectivity index (χ4n) is 6.20. The molecule has 0 saturated carbocycles. The average molecular weight is 511 g/mol. The van der Waals surface area contributed by atoms with Crippen molar-refractivity contribution in [2.75, 3.05) is 32.9 Å². The van der Waals surface area contributed by atoms with Gasteiger partial charge in [0.1, 0.15) is 11.9 Å². The monoisotopic (exact) mass is 510 g/mol. The number of aliphatic carboxylic acids is 1. The number of carbonyl (C=O) groups is 1. The highest BCUT2D eigenvalue weighted by Crippen LogP contribution is 2.36. The van der Waals surface area contributed by atoms with Crippen LogP contribution in [0.4, 0.5) is 4.39 Å². The van der Waals surface area contributed by atoms with Crippen LogP contribution < -0.4 is 0 Å². The van der Waals surface area contributed by atoms with Gasteiger partial charge in [0.15, 0.2) is 0 Å². The number of likely N-dealkylation sites (tertiary alicyclic amines) is 1. The van der Waals surface area contributed by atoms with E-state index in [-0.39, 0.29) is 12.0 Å². The van der Waals surface area contributed by atoms with Gasteiger partial charge in [-0.3, -0.25) is 14.7 Å². The van der Waals surface area contributed by atoms with Gasteiger partial charge in [-0.2, -0.15) is 0 Å². The summed E-state index contributed by atoms with van der Waals surface area (Å²) in [5.74, 6) is -1.12. The van der Waals surface area contributed by atoms with E-state index in [1.54, 1.807) is 6.07 Å². The molecule has 2 atom stereocenters. The lowest BCUT2D eigenvalue weighted by Crippen LogP contribution is -2.34. The van der Waals surface area contributed by atoms with Crippen molar-refractivity contribution in [3.8, 4) is 0 Å². The van der Waals surface area contributed by atoms with E-state index in [1.165, 1.54) is 41.9 Å². The molecule has 3 aliphatic rings. The van der Waals surface area contributed by atoms with E-state index >= 15 is 0 Å². The number of carboxylic acids is 1. The van der Waals surface area contributed by atoms with Crippen LogP contribution in [0.1, 0.15) is 85.0 Å². The van der Waals surface area contributed by atoms with Crippen molar-refractivity contribution < 1.29 is 23.8 Å². The topological polar surface area (TPSA) is 71.9 Å². The number of benzene rings is 1. The third-order valence-electron chi connectivity index (χ3n) is 8.20. The minimum Gasteiger partial charge on any atom is -0.480 e. The summed E-state index contributed by atoms with van der Waals surface area (Å²) in [6, 6.07) is 8.21. The molecule has 1 aromatic carbocycles. The van der Waals surface area contributed by atoms with Crippen LogP contribution in [0, 0.1) is 5.82 Å². The predicted molar refractivity (Wildman–Crippen MR) is 139 cm³/mol. The molecule has 2 aliphatic heterocycles. The van der Waals surface area contributed by atoms with E-state index in [4.69, 9.17) is 14.5 Å². The molecule has 0 spiro atoms. The van der Waals surface area contributed by atoms with Crippen LogP contribution in [-0.4, -0.2) is 60.0 Å². The van der Waals surface area contributed by atoms with Gasteiger partial charge in [-0.15, -0.1) is 0 Å². The Balaban J connectivity index is 1.13. The van der Waals surface area contributed by atoms with Crippen molar-refractivity contribution in [2.24, 2.45) is 0 Å². The second kappa shape index (κ2) is 12.5. The second-order valence-corrected chi connectivity index (χ2v) is 10.7. The number of nitrogens with zero attached hydrogens (tertiary/aromatic N) is 2. The Morgan fingerprint density at radius 1 is 1.14 bits per heavy atom. The van der Waals surface area contributed by atoms with Gasteiger partial charge in [0.05, 0.1) is 6.10 Å². The number of ether oxygens (including phenoxy) is 2. The van der Waals surface area contributed by atoms with E-state index in [0.29, 0.717) is 38.5 Å². The third-order valence-corrected chi connectivity index (χ3v) is 8.20. The summed E-state index contributed by atoms with van der Waals surface area (Å²) >= 11 is 0. The standard InChI is InChI=1S/C30H39FN2O4/c31-23-9-11-26(21-13-17-36-18-14-21)27(19-23)29(30(34)35)33-15-12-25(20-33)37-16-4-3-6-24-10-8-22-5-1-2-7-28(22)32-24/h8-11,19,21,25,29H,1-7,12-18,20H2,(H,34,35)/t25-,29?/m1/s1. The molecule has 1 N–H and O–H groups in total. The Bertz CT molecular complexity index is 1070. The number of aromatic nitrogens is 1. The highest BCUT2D eigenvalue weighted by molar-refractivity contribution is 5.76. The Hall–Kier alpha value is -2.35. The van der Waals surface area contributed by atoms with Gasteiger partial charge >= 0.3 is 5.97 Å². The highest BCUT2D eigenvalue weighted by Gasteiger charge is 2.36. The number of carboxylic acid groups (broad SMARTS) is 1. The van der Waals surface area contributed by atoms with Crippen LogP contribution in [0.15, 0.2) is 30.3 Å². The van der Waals surface area contributed by atoms with E-state index in [2.05, 4.69) is 12.1 Å². The molecule has 0 bridgehead atoms. The minimum atomic E-state index is -0.933. The van der Waals surface area contributed by atoms with Gasteiger partial charge < -0.3 is 14.6 Å². The molecule has 2 fully saturated rings. The van der Waals surface area contributed by atoms with Crippen molar-refractivity contribution in [1.29, 1.82) is 0 Å². The number of hydrogen-bond acceptors (Lipinski definition) is 5.